The lowest BCUT2D eigenvalue weighted by atomic mass is 10.1. The van der Waals surface area contributed by atoms with Crippen LogP contribution in [0.4, 0.5) is 0 Å². The lowest BCUT2D eigenvalue weighted by Gasteiger charge is -2.15. The summed E-state index contributed by atoms with van der Waals surface area (Å²) in [4.78, 5) is 14.0. The Hall–Kier alpha value is -2.60. The third-order valence-electron chi connectivity index (χ3n) is 3.35. The summed E-state index contributed by atoms with van der Waals surface area (Å²) < 4.78 is 0. The number of amides is 1. The van der Waals surface area contributed by atoms with E-state index < -0.39 is 0 Å². The molecule has 3 nitrogen and oxygen atoms in total. The molecule has 0 atom stereocenters. The maximum Gasteiger partial charge on any atom is 0.254 e. The van der Waals surface area contributed by atoms with Gasteiger partial charge in [0.15, 0.2) is 0 Å². The maximum atomic E-state index is 12.2. The SMILES string of the molecule is N#Cc1ccc(CN2Cc3ccccc3C2=O)cc1. The fraction of sp³-hybridized carbons (Fsp3) is 0.125. The molecule has 0 spiro atoms. The van der Waals surface area contributed by atoms with Gasteiger partial charge in [-0.3, -0.25) is 4.79 Å². The molecule has 0 bridgehead atoms. The number of benzene rings is 2. The summed E-state index contributed by atoms with van der Waals surface area (Å²) in [5, 5.41) is 8.76. The van der Waals surface area contributed by atoms with Gasteiger partial charge in [-0.15, -0.1) is 0 Å². The van der Waals surface area contributed by atoms with E-state index in [0.717, 1.165) is 16.7 Å². The smallest absolute Gasteiger partial charge is 0.254 e. The minimum Gasteiger partial charge on any atom is -0.330 e. The van der Waals surface area contributed by atoms with E-state index in [1.807, 2.05) is 41.3 Å². The summed E-state index contributed by atoms with van der Waals surface area (Å²) in [6, 6.07) is 17.2. The molecule has 0 aromatic heterocycles. The summed E-state index contributed by atoms with van der Waals surface area (Å²) in [5.41, 5.74) is 3.57. The van der Waals surface area contributed by atoms with Crippen molar-refractivity contribution < 1.29 is 4.79 Å². The Kier molecular flexibility index (Phi) is 2.77. The van der Waals surface area contributed by atoms with Crippen LogP contribution in [0.1, 0.15) is 27.0 Å². The van der Waals surface area contributed by atoms with Gasteiger partial charge in [0.1, 0.15) is 0 Å². The predicted molar refractivity (Wildman–Crippen MR) is 71.2 cm³/mol. The molecule has 0 aliphatic carbocycles. The van der Waals surface area contributed by atoms with Gasteiger partial charge in [-0.25, -0.2) is 0 Å². The van der Waals surface area contributed by atoms with Crippen molar-refractivity contribution in [2.24, 2.45) is 0 Å². The van der Waals surface area contributed by atoms with E-state index in [-0.39, 0.29) is 5.91 Å². The molecular weight excluding hydrogens is 236 g/mol. The molecule has 1 heterocycles. The van der Waals surface area contributed by atoms with Crippen LogP contribution in [0.15, 0.2) is 48.5 Å². The highest BCUT2D eigenvalue weighted by Crippen LogP contribution is 2.23. The fourth-order valence-corrected chi connectivity index (χ4v) is 2.35. The Balaban J connectivity index is 1.79. The number of hydrogen-bond acceptors (Lipinski definition) is 2. The lowest BCUT2D eigenvalue weighted by Crippen LogP contribution is -2.23. The van der Waals surface area contributed by atoms with Gasteiger partial charge in [0.25, 0.3) is 5.91 Å². The highest BCUT2D eigenvalue weighted by atomic mass is 16.2. The van der Waals surface area contributed by atoms with Crippen molar-refractivity contribution in [3.05, 3.63) is 70.8 Å². The molecule has 19 heavy (non-hydrogen) atoms. The van der Waals surface area contributed by atoms with Gasteiger partial charge in [-0.05, 0) is 29.3 Å². The van der Waals surface area contributed by atoms with Gasteiger partial charge in [0, 0.05) is 18.7 Å². The Morgan fingerprint density at radius 1 is 1.11 bits per heavy atom. The first-order valence-corrected chi connectivity index (χ1v) is 6.14. The molecule has 0 saturated carbocycles. The molecule has 2 aromatic carbocycles. The van der Waals surface area contributed by atoms with Crippen LogP contribution in [-0.4, -0.2) is 10.8 Å². The molecule has 0 N–H and O–H groups in total. The molecule has 0 radical (unpaired) electrons. The average molecular weight is 248 g/mol. The predicted octanol–water partition coefficient (Wildman–Crippen LogP) is 2.71. The van der Waals surface area contributed by atoms with E-state index in [1.165, 1.54) is 0 Å². The summed E-state index contributed by atoms with van der Waals surface area (Å²) in [7, 11) is 0. The molecule has 2 aromatic rings. The standard InChI is InChI=1S/C16H12N2O/c17-9-12-5-7-13(8-6-12)10-18-11-14-3-1-2-4-15(14)16(18)19/h1-8H,10-11H2. The van der Waals surface area contributed by atoms with Gasteiger partial charge in [-0.1, -0.05) is 30.3 Å². The first-order valence-electron chi connectivity index (χ1n) is 6.14. The Bertz CT molecular complexity index is 668. The van der Waals surface area contributed by atoms with E-state index in [9.17, 15) is 4.79 Å². The van der Waals surface area contributed by atoms with Gasteiger partial charge in [0.05, 0.1) is 11.6 Å². The van der Waals surface area contributed by atoms with Crippen molar-refractivity contribution in [2.75, 3.05) is 0 Å². The lowest BCUT2D eigenvalue weighted by molar-refractivity contribution is 0.0766. The normalized spacial score (nSPS) is 13.2. The van der Waals surface area contributed by atoms with Crippen molar-refractivity contribution >= 4 is 5.91 Å². The minimum absolute atomic E-state index is 0.0833. The Morgan fingerprint density at radius 3 is 2.53 bits per heavy atom. The monoisotopic (exact) mass is 248 g/mol. The van der Waals surface area contributed by atoms with Gasteiger partial charge < -0.3 is 4.90 Å². The van der Waals surface area contributed by atoms with Crippen molar-refractivity contribution in [2.45, 2.75) is 13.1 Å². The van der Waals surface area contributed by atoms with Gasteiger partial charge in [-0.2, -0.15) is 5.26 Å². The maximum absolute atomic E-state index is 12.2. The molecule has 1 aliphatic rings. The summed E-state index contributed by atoms with van der Waals surface area (Å²) in [5.74, 6) is 0.0833. The second kappa shape index (κ2) is 4.58. The number of rotatable bonds is 2. The van der Waals surface area contributed by atoms with Crippen LogP contribution >= 0.6 is 0 Å². The van der Waals surface area contributed by atoms with Crippen LogP contribution in [0.3, 0.4) is 0 Å². The zero-order valence-electron chi connectivity index (χ0n) is 10.3. The van der Waals surface area contributed by atoms with Crippen molar-refractivity contribution in [3.63, 3.8) is 0 Å². The molecule has 3 heteroatoms. The first-order chi connectivity index (χ1) is 9.28. The third-order valence-corrected chi connectivity index (χ3v) is 3.35. The van der Waals surface area contributed by atoms with E-state index in [1.54, 1.807) is 12.1 Å². The quantitative estimate of drug-likeness (QED) is 0.820. The zero-order chi connectivity index (χ0) is 13.2. The first kappa shape index (κ1) is 11.5. The van der Waals surface area contributed by atoms with Crippen LogP contribution in [0.2, 0.25) is 0 Å². The van der Waals surface area contributed by atoms with E-state index in [2.05, 4.69) is 6.07 Å². The summed E-state index contributed by atoms with van der Waals surface area (Å²) >= 11 is 0. The van der Waals surface area contributed by atoms with E-state index in [0.29, 0.717) is 18.7 Å². The molecule has 3 rings (SSSR count). The van der Waals surface area contributed by atoms with Crippen molar-refractivity contribution in [3.8, 4) is 6.07 Å². The number of fused-ring (bicyclic) bond motifs is 1. The number of nitriles is 1. The Morgan fingerprint density at radius 2 is 1.84 bits per heavy atom. The molecule has 92 valence electrons. The van der Waals surface area contributed by atoms with Crippen LogP contribution < -0.4 is 0 Å². The zero-order valence-corrected chi connectivity index (χ0v) is 10.3. The molecule has 1 amide bonds. The van der Waals surface area contributed by atoms with Crippen LogP contribution in [-0.2, 0) is 13.1 Å². The topological polar surface area (TPSA) is 44.1 Å². The average Bonchev–Trinajstić information content (AvgIpc) is 2.77. The summed E-state index contributed by atoms with van der Waals surface area (Å²) in [6.07, 6.45) is 0. The summed E-state index contributed by atoms with van der Waals surface area (Å²) in [6.45, 7) is 1.24. The van der Waals surface area contributed by atoms with E-state index >= 15 is 0 Å². The van der Waals surface area contributed by atoms with E-state index in [4.69, 9.17) is 5.26 Å². The second-order valence-corrected chi connectivity index (χ2v) is 4.63. The van der Waals surface area contributed by atoms with Crippen LogP contribution in [0.5, 0.6) is 0 Å². The molecule has 1 aliphatic heterocycles. The van der Waals surface area contributed by atoms with Crippen LogP contribution in [0.25, 0.3) is 0 Å². The van der Waals surface area contributed by atoms with Gasteiger partial charge in [0.2, 0.25) is 0 Å². The Labute approximate surface area is 111 Å². The largest absolute Gasteiger partial charge is 0.330 e. The van der Waals surface area contributed by atoms with Crippen LogP contribution in [0, 0.1) is 11.3 Å². The minimum atomic E-state index is 0.0833. The molecule has 0 saturated heterocycles. The number of nitrogens with zero attached hydrogens (tertiary/aromatic N) is 2. The highest BCUT2D eigenvalue weighted by Gasteiger charge is 2.26. The van der Waals surface area contributed by atoms with Gasteiger partial charge >= 0.3 is 0 Å². The number of hydrogen-bond donors (Lipinski definition) is 0. The molecular formula is C16H12N2O. The van der Waals surface area contributed by atoms with Crippen molar-refractivity contribution in [1.82, 2.24) is 4.90 Å². The molecule has 0 fully saturated rings. The van der Waals surface area contributed by atoms with Crippen molar-refractivity contribution in [1.29, 1.82) is 5.26 Å². The molecule has 0 unspecified atom stereocenters. The number of carbonyl (C=O) groups is 1. The number of carbonyl (C=O) groups excluding carboxylic acids is 1. The third kappa shape index (κ3) is 2.09. The fourth-order valence-electron chi connectivity index (χ4n) is 2.35. The second-order valence-electron chi connectivity index (χ2n) is 4.63. The highest BCUT2D eigenvalue weighted by molar-refractivity contribution is 5.98.